The Labute approximate surface area is 112 Å². The molecule has 1 fully saturated rings. The summed E-state index contributed by atoms with van der Waals surface area (Å²) in [5.74, 6) is 0.323. The van der Waals surface area contributed by atoms with E-state index in [0.717, 1.165) is 12.8 Å². The molecule has 1 aromatic rings. The van der Waals surface area contributed by atoms with Gasteiger partial charge in [0.05, 0.1) is 5.02 Å². The molecule has 2 heterocycles. The number of aromatic nitrogens is 1. The molecular formula is C11H15ClN2O3S. The highest BCUT2D eigenvalue weighted by atomic mass is 35.5. The zero-order valence-electron chi connectivity index (χ0n) is 9.80. The van der Waals surface area contributed by atoms with Crippen LogP contribution in [0.2, 0.25) is 5.02 Å². The quantitative estimate of drug-likeness (QED) is 0.911. The minimum atomic E-state index is -3.58. The van der Waals surface area contributed by atoms with E-state index in [1.54, 1.807) is 0 Å². The molecule has 1 aliphatic heterocycles. The van der Waals surface area contributed by atoms with Gasteiger partial charge in [-0.1, -0.05) is 11.6 Å². The zero-order chi connectivity index (χ0) is 13.0. The van der Waals surface area contributed by atoms with Crippen molar-refractivity contribution in [2.24, 2.45) is 5.92 Å². The van der Waals surface area contributed by atoms with Gasteiger partial charge in [-0.05, 0) is 24.8 Å². The van der Waals surface area contributed by atoms with Gasteiger partial charge >= 0.3 is 0 Å². The van der Waals surface area contributed by atoms with Crippen molar-refractivity contribution in [3.8, 4) is 0 Å². The second-order valence-electron chi connectivity index (χ2n) is 4.21. The molecule has 0 unspecified atom stereocenters. The lowest BCUT2D eigenvalue weighted by molar-refractivity contribution is 0.0678. The number of ether oxygens (including phenoxy) is 1. The molecule has 0 radical (unpaired) electrons. The molecule has 18 heavy (non-hydrogen) atoms. The molecule has 1 N–H and O–H groups in total. The van der Waals surface area contributed by atoms with Crippen molar-refractivity contribution >= 4 is 21.6 Å². The summed E-state index contributed by atoms with van der Waals surface area (Å²) in [6.07, 6.45) is 4.47. The van der Waals surface area contributed by atoms with E-state index in [1.807, 2.05) is 0 Å². The summed E-state index contributed by atoms with van der Waals surface area (Å²) in [6, 6.07) is 1.46. The minimum absolute atomic E-state index is 0.0266. The molecule has 1 aliphatic rings. The van der Waals surface area contributed by atoms with E-state index in [2.05, 4.69) is 9.71 Å². The third-order valence-corrected chi connectivity index (χ3v) is 4.82. The summed E-state index contributed by atoms with van der Waals surface area (Å²) in [4.78, 5) is 3.81. The summed E-state index contributed by atoms with van der Waals surface area (Å²) >= 11 is 5.85. The summed E-state index contributed by atoms with van der Waals surface area (Å²) in [7, 11) is -3.58. The Morgan fingerprint density at radius 3 is 2.83 bits per heavy atom. The second-order valence-corrected chi connectivity index (χ2v) is 6.36. The Morgan fingerprint density at radius 1 is 1.44 bits per heavy atom. The smallest absolute Gasteiger partial charge is 0.243 e. The van der Waals surface area contributed by atoms with Crippen LogP contribution in [0.4, 0.5) is 0 Å². The molecule has 1 aromatic heterocycles. The van der Waals surface area contributed by atoms with Gasteiger partial charge in [0.2, 0.25) is 10.0 Å². The van der Waals surface area contributed by atoms with Gasteiger partial charge < -0.3 is 4.74 Å². The molecule has 0 atom stereocenters. The second kappa shape index (κ2) is 5.97. The van der Waals surface area contributed by atoms with Crippen molar-refractivity contribution in [2.45, 2.75) is 17.7 Å². The van der Waals surface area contributed by atoms with Gasteiger partial charge in [0.25, 0.3) is 0 Å². The highest BCUT2D eigenvalue weighted by Gasteiger charge is 2.21. The van der Waals surface area contributed by atoms with Crippen LogP contribution in [-0.4, -0.2) is 33.2 Å². The summed E-state index contributed by atoms with van der Waals surface area (Å²) in [5, 5.41) is 0.185. The number of sulfonamides is 1. The third kappa shape index (κ3) is 3.41. The predicted molar refractivity (Wildman–Crippen MR) is 68.0 cm³/mol. The van der Waals surface area contributed by atoms with Crippen LogP contribution in [0.3, 0.4) is 0 Å². The zero-order valence-corrected chi connectivity index (χ0v) is 11.4. The van der Waals surface area contributed by atoms with Crippen molar-refractivity contribution < 1.29 is 13.2 Å². The first kappa shape index (κ1) is 13.7. The maximum absolute atomic E-state index is 12.0. The number of nitrogens with zero attached hydrogens (tertiary/aromatic N) is 1. The lowest BCUT2D eigenvalue weighted by atomic mass is 10.0. The largest absolute Gasteiger partial charge is 0.381 e. The third-order valence-electron chi connectivity index (χ3n) is 2.93. The van der Waals surface area contributed by atoms with Gasteiger partial charge in [-0.2, -0.15) is 0 Å². The minimum Gasteiger partial charge on any atom is -0.381 e. The molecule has 0 bridgehead atoms. The van der Waals surface area contributed by atoms with E-state index in [-0.39, 0.29) is 9.92 Å². The molecule has 0 saturated carbocycles. The topological polar surface area (TPSA) is 68.3 Å². The van der Waals surface area contributed by atoms with E-state index >= 15 is 0 Å². The summed E-state index contributed by atoms with van der Waals surface area (Å²) < 4.78 is 31.9. The Bertz CT molecular complexity index is 501. The normalized spacial score (nSPS) is 17.8. The molecule has 7 heteroatoms. The number of nitrogens with one attached hydrogen (secondary N) is 1. The van der Waals surface area contributed by atoms with Crippen molar-refractivity contribution in [1.82, 2.24) is 9.71 Å². The Balaban J connectivity index is 2.01. The number of hydrogen-bond donors (Lipinski definition) is 1. The van der Waals surface area contributed by atoms with Gasteiger partial charge in [-0.3, -0.25) is 4.98 Å². The lowest BCUT2D eigenvalue weighted by Gasteiger charge is -2.22. The molecular weight excluding hydrogens is 276 g/mol. The molecule has 1 saturated heterocycles. The first-order valence-corrected chi connectivity index (χ1v) is 7.62. The average Bonchev–Trinajstić information content (AvgIpc) is 2.38. The summed E-state index contributed by atoms with van der Waals surface area (Å²) in [5.41, 5.74) is 0. The van der Waals surface area contributed by atoms with Crippen molar-refractivity contribution in [2.75, 3.05) is 19.8 Å². The SMILES string of the molecule is O=S(=O)(NCC1CCOCC1)c1cnccc1Cl. The van der Waals surface area contributed by atoms with E-state index in [4.69, 9.17) is 16.3 Å². The van der Waals surface area contributed by atoms with Crippen molar-refractivity contribution in [3.63, 3.8) is 0 Å². The Morgan fingerprint density at radius 2 is 2.17 bits per heavy atom. The van der Waals surface area contributed by atoms with Crippen LogP contribution in [0.25, 0.3) is 0 Å². The van der Waals surface area contributed by atoms with Crippen LogP contribution in [0.5, 0.6) is 0 Å². The number of pyridine rings is 1. The first-order chi connectivity index (χ1) is 8.59. The van der Waals surface area contributed by atoms with E-state index in [9.17, 15) is 8.42 Å². The van der Waals surface area contributed by atoms with E-state index in [1.165, 1.54) is 18.5 Å². The monoisotopic (exact) mass is 290 g/mol. The fourth-order valence-electron chi connectivity index (χ4n) is 1.82. The standard InChI is InChI=1S/C11H15ClN2O3S/c12-10-1-4-13-8-11(10)18(15,16)14-7-9-2-5-17-6-3-9/h1,4,8-9,14H,2-3,5-7H2. The molecule has 0 aromatic carbocycles. The van der Waals surface area contributed by atoms with Crippen LogP contribution >= 0.6 is 11.6 Å². The summed E-state index contributed by atoms with van der Waals surface area (Å²) in [6.45, 7) is 1.80. The maximum Gasteiger partial charge on any atom is 0.243 e. The Kier molecular flexibility index (Phi) is 4.55. The molecule has 0 amide bonds. The van der Waals surface area contributed by atoms with Gasteiger partial charge in [0.1, 0.15) is 4.90 Å². The fourth-order valence-corrected chi connectivity index (χ4v) is 3.36. The Hall–Kier alpha value is -0.690. The molecule has 100 valence electrons. The van der Waals surface area contributed by atoms with Crippen LogP contribution in [0, 0.1) is 5.92 Å². The number of halogens is 1. The van der Waals surface area contributed by atoms with Crippen LogP contribution in [0.1, 0.15) is 12.8 Å². The van der Waals surface area contributed by atoms with Crippen LogP contribution in [-0.2, 0) is 14.8 Å². The maximum atomic E-state index is 12.0. The molecule has 0 aliphatic carbocycles. The van der Waals surface area contributed by atoms with Gasteiger partial charge in [0, 0.05) is 32.2 Å². The number of rotatable bonds is 4. The van der Waals surface area contributed by atoms with Crippen molar-refractivity contribution in [1.29, 1.82) is 0 Å². The number of hydrogen-bond acceptors (Lipinski definition) is 4. The van der Waals surface area contributed by atoms with Gasteiger partial charge in [-0.15, -0.1) is 0 Å². The van der Waals surface area contributed by atoms with E-state index in [0.29, 0.717) is 25.7 Å². The van der Waals surface area contributed by atoms with E-state index < -0.39 is 10.0 Å². The highest BCUT2D eigenvalue weighted by molar-refractivity contribution is 7.89. The van der Waals surface area contributed by atoms with Gasteiger partial charge in [-0.25, -0.2) is 13.1 Å². The molecule has 0 spiro atoms. The van der Waals surface area contributed by atoms with Crippen LogP contribution < -0.4 is 4.72 Å². The predicted octanol–water partition coefficient (Wildman–Crippen LogP) is 1.44. The first-order valence-electron chi connectivity index (χ1n) is 5.76. The molecule has 5 nitrogen and oxygen atoms in total. The van der Waals surface area contributed by atoms with Crippen molar-refractivity contribution in [3.05, 3.63) is 23.5 Å². The average molecular weight is 291 g/mol. The lowest BCUT2D eigenvalue weighted by Crippen LogP contribution is -2.32. The highest BCUT2D eigenvalue weighted by Crippen LogP contribution is 2.20. The fraction of sp³-hybridized carbons (Fsp3) is 0.545. The van der Waals surface area contributed by atoms with Crippen LogP contribution in [0.15, 0.2) is 23.4 Å². The molecule has 2 rings (SSSR count). The van der Waals surface area contributed by atoms with Gasteiger partial charge in [0.15, 0.2) is 0 Å².